The Morgan fingerprint density at radius 2 is 1.12 bits per heavy atom. The van der Waals surface area contributed by atoms with Gasteiger partial charge in [-0.25, -0.2) is 9.13 Å². The number of para-hydroxylation sites is 2. The van der Waals surface area contributed by atoms with Crippen molar-refractivity contribution in [2.24, 2.45) is 14.1 Å². The maximum atomic E-state index is 4.93. The Kier molecular flexibility index (Phi) is 11.0. The largest absolute Gasteiger partial charge is 0.347 e. The molecule has 2 aromatic carbocycles. The number of hydrogen-bond acceptors (Lipinski definition) is 6. The number of allylic oxidation sites excluding steroid dienone is 4. The number of quaternary nitrogens is 2. The fourth-order valence-electron chi connectivity index (χ4n) is 8.28. The number of thiazole rings is 2. The monoisotopic (exact) mass is 796 g/mol. The van der Waals surface area contributed by atoms with E-state index in [1.807, 2.05) is 0 Å². The zero-order valence-electron chi connectivity index (χ0n) is 34.5. The first-order chi connectivity index (χ1) is 27.4. The Hall–Kier alpha value is -5.00. The quantitative estimate of drug-likeness (QED) is 0.0872. The molecule has 6 heterocycles. The molecule has 8 rings (SSSR count). The van der Waals surface area contributed by atoms with Crippen LogP contribution < -0.4 is 18.9 Å². The SMILES string of the molecule is CC(C[N+](C)(C)CCCN1C=CC(=Cc2nc3c(ccc[n+]3C)s2)c2ccccc21)[N+](C)(C)CCCN1C=CC(=Cc2nc3c(ccc[n+]3C)s2)c2ccccc21. The van der Waals surface area contributed by atoms with Gasteiger partial charge < -0.3 is 18.8 Å². The van der Waals surface area contributed by atoms with Crippen LogP contribution in [0.2, 0.25) is 0 Å². The molecule has 0 amide bonds. The van der Waals surface area contributed by atoms with Crippen LogP contribution in [0.5, 0.6) is 0 Å². The van der Waals surface area contributed by atoms with Crippen LogP contribution >= 0.6 is 22.7 Å². The molecule has 10 heteroatoms. The van der Waals surface area contributed by atoms with Crippen molar-refractivity contribution in [3.05, 3.63) is 131 Å². The van der Waals surface area contributed by atoms with Crippen molar-refractivity contribution in [1.29, 1.82) is 0 Å². The average Bonchev–Trinajstić information content (AvgIpc) is 3.81. The number of aryl methyl sites for hydroxylation is 2. The Morgan fingerprint density at radius 1 is 0.649 bits per heavy atom. The molecule has 0 radical (unpaired) electrons. The van der Waals surface area contributed by atoms with Gasteiger partial charge in [0.05, 0.1) is 67.8 Å². The highest BCUT2D eigenvalue weighted by molar-refractivity contribution is 7.19. The second kappa shape index (κ2) is 16.1. The minimum Gasteiger partial charge on any atom is -0.347 e. The van der Waals surface area contributed by atoms with E-state index < -0.39 is 0 Å². The summed E-state index contributed by atoms with van der Waals surface area (Å²) in [5, 5.41) is 2.08. The standard InChI is InChI=1S/C47H56N8S2/c1-35(55(6,7)31-15-27-53-29-23-37(39-17-9-11-19-41(39)53)33-45-49-47-43(57-45)21-13-25-51(47)3)34-54(4,5)30-14-26-52-28-22-36(38-16-8-10-18-40(38)52)32-44-48-46-42(56-44)20-12-24-50(46)2/h8-13,16-25,28-29,32-33,35H,14-15,26-27,30-31,34H2,1-7H3/q+4. The van der Waals surface area contributed by atoms with Crippen LogP contribution in [-0.4, -0.2) is 85.9 Å². The minimum absolute atomic E-state index is 0.530. The molecule has 0 bridgehead atoms. The number of nitrogens with zero attached hydrogens (tertiary/aromatic N) is 8. The second-order valence-corrected chi connectivity index (χ2v) is 19.0. The lowest BCUT2D eigenvalue weighted by Gasteiger charge is -2.41. The first-order valence-electron chi connectivity index (χ1n) is 20.1. The summed E-state index contributed by atoms with van der Waals surface area (Å²) in [7, 11) is 13.8. The number of fused-ring (bicyclic) bond motifs is 4. The summed E-state index contributed by atoms with van der Waals surface area (Å²) in [6, 6.07) is 26.6. The Morgan fingerprint density at radius 3 is 1.61 bits per heavy atom. The molecule has 4 aromatic heterocycles. The average molecular weight is 797 g/mol. The van der Waals surface area contributed by atoms with Crippen molar-refractivity contribution < 1.29 is 18.1 Å². The van der Waals surface area contributed by atoms with Crippen molar-refractivity contribution in [3.8, 4) is 0 Å². The number of rotatable bonds is 13. The highest BCUT2D eigenvalue weighted by Gasteiger charge is 2.31. The van der Waals surface area contributed by atoms with E-state index >= 15 is 0 Å². The summed E-state index contributed by atoms with van der Waals surface area (Å²) in [5.74, 6) is 0. The van der Waals surface area contributed by atoms with Gasteiger partial charge in [0.25, 0.3) is 0 Å². The molecule has 0 fully saturated rings. The molecule has 292 valence electrons. The van der Waals surface area contributed by atoms with Gasteiger partial charge in [0.15, 0.2) is 0 Å². The fraction of sp³-hybridized carbons (Fsp3) is 0.319. The summed E-state index contributed by atoms with van der Waals surface area (Å²) in [4.78, 5) is 14.7. The lowest BCUT2D eigenvalue weighted by Crippen LogP contribution is -2.57. The Balaban J connectivity index is 0.848. The minimum atomic E-state index is 0.530. The molecule has 2 aliphatic heterocycles. The van der Waals surface area contributed by atoms with E-state index in [4.69, 9.17) is 9.97 Å². The van der Waals surface area contributed by atoms with E-state index in [0.717, 1.165) is 75.8 Å². The Bertz CT molecular complexity index is 2540. The van der Waals surface area contributed by atoms with Gasteiger partial charge in [-0.3, -0.25) is 0 Å². The predicted molar refractivity (Wildman–Crippen MR) is 241 cm³/mol. The van der Waals surface area contributed by atoms with Crippen LogP contribution in [0, 0.1) is 0 Å². The number of benzene rings is 2. The van der Waals surface area contributed by atoms with Gasteiger partial charge in [-0.05, 0) is 76.6 Å². The lowest BCUT2D eigenvalue weighted by atomic mass is 9.99. The van der Waals surface area contributed by atoms with Crippen molar-refractivity contribution in [1.82, 2.24) is 9.97 Å². The molecule has 1 atom stereocenters. The molecule has 2 aliphatic rings. The van der Waals surface area contributed by atoms with Crippen molar-refractivity contribution in [2.45, 2.75) is 25.8 Å². The predicted octanol–water partition coefficient (Wildman–Crippen LogP) is 8.33. The molecule has 8 nitrogen and oxygen atoms in total. The fourth-order valence-corrected chi connectivity index (χ4v) is 10.2. The summed E-state index contributed by atoms with van der Waals surface area (Å²) in [5.41, 5.74) is 9.57. The highest BCUT2D eigenvalue weighted by Crippen LogP contribution is 2.36. The molecule has 1 unspecified atom stereocenters. The number of pyridine rings is 2. The summed E-state index contributed by atoms with van der Waals surface area (Å²) >= 11 is 3.49. The zero-order valence-corrected chi connectivity index (χ0v) is 36.1. The maximum Gasteiger partial charge on any atom is 0.341 e. The number of aromatic nitrogens is 4. The van der Waals surface area contributed by atoms with Crippen molar-refractivity contribution >= 4 is 78.0 Å². The summed E-state index contributed by atoms with van der Waals surface area (Å²) in [6.45, 7) is 7.82. The van der Waals surface area contributed by atoms with E-state index in [9.17, 15) is 0 Å². The van der Waals surface area contributed by atoms with Crippen molar-refractivity contribution in [3.63, 3.8) is 0 Å². The van der Waals surface area contributed by atoms with Crippen molar-refractivity contribution in [2.75, 3.05) is 70.7 Å². The number of hydrogen-bond donors (Lipinski definition) is 0. The van der Waals surface area contributed by atoms with Crippen LogP contribution in [0.1, 0.15) is 40.9 Å². The van der Waals surface area contributed by atoms with E-state index in [2.05, 4.69) is 190 Å². The van der Waals surface area contributed by atoms with E-state index in [-0.39, 0.29) is 0 Å². The molecule has 57 heavy (non-hydrogen) atoms. The van der Waals surface area contributed by atoms with Gasteiger partial charge in [0.1, 0.15) is 22.0 Å². The zero-order chi connectivity index (χ0) is 39.7. The molecular weight excluding hydrogens is 741 g/mol. The van der Waals surface area contributed by atoms with Gasteiger partial charge >= 0.3 is 11.3 Å². The highest BCUT2D eigenvalue weighted by atomic mass is 32.1. The maximum absolute atomic E-state index is 4.93. The third-order valence-corrected chi connectivity index (χ3v) is 13.7. The van der Waals surface area contributed by atoms with E-state index in [1.165, 1.54) is 43.0 Å². The van der Waals surface area contributed by atoms with Crippen LogP contribution in [-0.2, 0) is 14.1 Å². The van der Waals surface area contributed by atoms with Crippen LogP contribution in [0.4, 0.5) is 11.4 Å². The molecule has 0 saturated heterocycles. The molecule has 0 saturated carbocycles. The van der Waals surface area contributed by atoms with E-state index in [0.29, 0.717) is 6.04 Å². The lowest BCUT2D eigenvalue weighted by molar-refractivity contribution is -0.963. The van der Waals surface area contributed by atoms with Gasteiger partial charge in [-0.2, -0.15) is 0 Å². The van der Waals surface area contributed by atoms with Crippen LogP contribution in [0.3, 0.4) is 0 Å². The number of likely N-dealkylation sites (N-methyl/N-ethyl adjacent to an activating group) is 2. The number of anilines is 2. The first kappa shape index (κ1) is 38.9. The summed E-state index contributed by atoms with van der Waals surface area (Å²) in [6.07, 6.45) is 19.9. The molecule has 0 N–H and O–H groups in total. The van der Waals surface area contributed by atoms with Gasteiger partial charge in [-0.1, -0.05) is 59.1 Å². The third-order valence-electron chi connectivity index (χ3n) is 11.8. The van der Waals surface area contributed by atoms with Gasteiger partial charge in [0, 0.05) is 73.0 Å². The normalized spacial score (nSPS) is 16.3. The third kappa shape index (κ3) is 8.50. The molecule has 0 spiro atoms. The van der Waals surface area contributed by atoms with E-state index in [1.54, 1.807) is 22.7 Å². The van der Waals surface area contributed by atoms with Gasteiger partial charge in [-0.15, -0.1) is 0 Å². The topological polar surface area (TPSA) is 40.0 Å². The molecule has 0 aliphatic carbocycles. The van der Waals surface area contributed by atoms with Gasteiger partial charge in [0.2, 0.25) is 10.0 Å². The Labute approximate surface area is 346 Å². The first-order valence-corrected chi connectivity index (χ1v) is 21.7. The van der Waals surface area contributed by atoms with Crippen LogP contribution in [0.15, 0.2) is 110 Å². The summed E-state index contributed by atoms with van der Waals surface area (Å²) < 4.78 is 8.61. The molecular formula is C47H56N8S2+4. The smallest absolute Gasteiger partial charge is 0.341 e. The van der Waals surface area contributed by atoms with Crippen LogP contribution in [0.25, 0.3) is 44.0 Å². The second-order valence-electron chi connectivity index (χ2n) is 16.9. The molecule has 6 aromatic rings.